The zero-order valence-corrected chi connectivity index (χ0v) is 31.0. The predicted octanol–water partition coefficient (Wildman–Crippen LogP) is 5.09. The average Bonchev–Trinajstić information content (AvgIpc) is 3.43. The van der Waals surface area contributed by atoms with E-state index in [1.807, 2.05) is 0 Å². The molecule has 0 radical (unpaired) electrons. The smallest absolute Gasteiger partial charge is 0.0274 e. The molecule has 6 aromatic rings. The zero-order valence-electron chi connectivity index (χ0n) is 26.0. The van der Waals surface area contributed by atoms with Crippen molar-refractivity contribution in [2.75, 3.05) is 0 Å². The van der Waals surface area contributed by atoms with Gasteiger partial charge in [-0.2, -0.15) is 12.1 Å². The van der Waals surface area contributed by atoms with Crippen molar-refractivity contribution >= 4 is 27.0 Å². The Kier molecular flexibility index (Phi) is 13.7. The summed E-state index contributed by atoms with van der Waals surface area (Å²) in [6, 6.07) is 35.7. The standard InChI is InChI=1S/2C18H17.C2H6Si.2ClH.Zr/c2*1-12-7-13(2)10-16(9-12)17-6-4-5-15-8-14(3)11-18(15)17;1-3-2;;;/h2*4-11H,1-3H3;1-2H3;2*1H;/q2*-1;;;;+2/p-2. The number of fused-ring (bicyclic) bond motifs is 2. The molecule has 4 heteroatoms. The maximum absolute atomic E-state index is 2.31. The van der Waals surface area contributed by atoms with Gasteiger partial charge in [0.1, 0.15) is 0 Å². The van der Waals surface area contributed by atoms with Gasteiger partial charge < -0.3 is 24.8 Å². The second-order valence-corrected chi connectivity index (χ2v) is 20.8. The van der Waals surface area contributed by atoms with Gasteiger partial charge >= 0.3 is 41.9 Å². The van der Waals surface area contributed by atoms with Crippen molar-refractivity contribution in [3.8, 4) is 22.3 Å². The monoisotopic (exact) mass is 684 g/mol. The molecule has 6 aromatic carbocycles. The number of benzene rings is 4. The fourth-order valence-electron chi connectivity index (χ4n) is 5.53. The topological polar surface area (TPSA) is 0 Å². The third-order valence-electron chi connectivity index (χ3n) is 6.86. The summed E-state index contributed by atoms with van der Waals surface area (Å²) in [6.07, 6.45) is 0. The van der Waals surface area contributed by atoms with Crippen LogP contribution in [0.25, 0.3) is 43.8 Å². The van der Waals surface area contributed by atoms with Crippen LogP contribution in [0, 0.1) is 41.5 Å². The van der Waals surface area contributed by atoms with Gasteiger partial charge in [-0.25, -0.2) is 0 Å². The fourth-order valence-corrected chi connectivity index (χ4v) is 5.53. The molecule has 0 saturated carbocycles. The molecule has 0 saturated heterocycles. The van der Waals surface area contributed by atoms with Crippen molar-refractivity contribution in [2.24, 2.45) is 0 Å². The summed E-state index contributed by atoms with van der Waals surface area (Å²) in [4.78, 5) is 0. The molecule has 0 N–H and O–H groups in total. The van der Waals surface area contributed by atoms with Crippen LogP contribution >= 0.6 is 0 Å². The van der Waals surface area contributed by atoms with E-state index in [2.05, 4.69) is 152 Å². The molecule has 0 amide bonds. The van der Waals surface area contributed by atoms with Gasteiger partial charge in [-0.05, 0) is 38.8 Å². The van der Waals surface area contributed by atoms with Crippen LogP contribution in [-0.4, -0.2) is 5.43 Å². The molecule has 0 aliphatic carbocycles. The molecule has 0 fully saturated rings. The summed E-state index contributed by atoms with van der Waals surface area (Å²) in [6.45, 7) is 17.6. The Hall–Kier alpha value is -2.22. The van der Waals surface area contributed by atoms with Crippen molar-refractivity contribution in [2.45, 2.75) is 54.6 Å². The van der Waals surface area contributed by atoms with E-state index in [0.29, 0.717) is 0 Å². The molecule has 0 atom stereocenters. The van der Waals surface area contributed by atoms with Gasteiger partial charge in [0, 0.05) is 0 Å². The maximum atomic E-state index is 2.31. The van der Waals surface area contributed by atoms with E-state index < -0.39 is 0 Å². The van der Waals surface area contributed by atoms with Gasteiger partial charge in [-0.15, -0.1) is 69.1 Å². The number of hydrogen-bond donors (Lipinski definition) is 0. The third kappa shape index (κ3) is 9.39. The number of halogens is 2. The van der Waals surface area contributed by atoms with E-state index in [9.17, 15) is 0 Å². The summed E-state index contributed by atoms with van der Waals surface area (Å²) >= 11 is 1.74. The Morgan fingerprint density at radius 1 is 0.500 bits per heavy atom. The Balaban J connectivity index is 0.000000250. The van der Waals surface area contributed by atoms with Crippen LogP contribution < -0.4 is 24.8 Å². The third-order valence-corrected chi connectivity index (χ3v) is 6.86. The molecule has 6 rings (SSSR count). The van der Waals surface area contributed by atoms with Gasteiger partial charge in [0.2, 0.25) is 0 Å². The van der Waals surface area contributed by atoms with Crippen LogP contribution in [0.2, 0.25) is 13.1 Å². The molecule has 0 unspecified atom stereocenters. The van der Waals surface area contributed by atoms with Crippen molar-refractivity contribution in [3.05, 3.63) is 130 Å². The number of aryl methyl sites for hydroxylation is 6. The molecular weight excluding hydrogens is 647 g/mol. The van der Waals surface area contributed by atoms with E-state index in [0.717, 1.165) is 0 Å². The van der Waals surface area contributed by atoms with E-state index in [-0.39, 0.29) is 30.2 Å². The summed E-state index contributed by atoms with van der Waals surface area (Å²) in [5.74, 6) is 0. The SMILES string of the molecule is C[Si](C)=[Zr+2].Cc1cc(C)cc(-c2cccc3[cH-]c(C)cc23)c1.Cc1cc(C)cc(-c2cccc3[cH-]c(C)cc23)c1.[Cl-].[Cl-]. The maximum Gasteiger partial charge on any atom is -0.0274 e. The first-order valence-corrected chi connectivity index (χ1v) is 20.2. The summed E-state index contributed by atoms with van der Waals surface area (Å²) in [7, 11) is 0. The molecule has 0 bridgehead atoms. The second-order valence-electron chi connectivity index (χ2n) is 11.4. The molecule has 42 heavy (non-hydrogen) atoms. The fraction of sp³-hybridized carbons (Fsp3) is 0.211. The molecule has 216 valence electrons. The van der Waals surface area contributed by atoms with Gasteiger partial charge in [-0.3, -0.25) is 0 Å². The summed E-state index contributed by atoms with van der Waals surface area (Å²) < 4.78 is 0. The van der Waals surface area contributed by atoms with Crippen LogP contribution in [0.3, 0.4) is 0 Å². The Morgan fingerprint density at radius 3 is 1.12 bits per heavy atom. The van der Waals surface area contributed by atoms with Crippen LogP contribution in [0.4, 0.5) is 0 Å². The normalized spacial score (nSPS) is 10.1. The van der Waals surface area contributed by atoms with E-state index in [1.54, 1.807) is 23.3 Å². The molecule has 0 aromatic heterocycles. The van der Waals surface area contributed by atoms with Gasteiger partial charge in [-0.1, -0.05) is 95.8 Å². The quantitative estimate of drug-likeness (QED) is 0.176. The van der Waals surface area contributed by atoms with Crippen molar-refractivity contribution in [1.29, 1.82) is 0 Å². The average molecular weight is 687 g/mol. The van der Waals surface area contributed by atoms with Gasteiger partial charge in [0.25, 0.3) is 0 Å². The molecule has 0 nitrogen and oxygen atoms in total. The van der Waals surface area contributed by atoms with Crippen molar-refractivity contribution in [3.63, 3.8) is 0 Å². The van der Waals surface area contributed by atoms with E-state index >= 15 is 0 Å². The number of rotatable bonds is 2. The predicted molar refractivity (Wildman–Crippen MR) is 176 cm³/mol. The first-order valence-electron chi connectivity index (χ1n) is 14.0. The summed E-state index contributed by atoms with van der Waals surface area (Å²) in [5, 5.41) is 5.40. The van der Waals surface area contributed by atoms with E-state index in [4.69, 9.17) is 0 Å². The zero-order chi connectivity index (χ0) is 29.0. The molecule has 0 aliphatic heterocycles. The van der Waals surface area contributed by atoms with Gasteiger partial charge in [0.15, 0.2) is 0 Å². The van der Waals surface area contributed by atoms with Gasteiger partial charge in [0.05, 0.1) is 0 Å². The largest absolute Gasteiger partial charge is 1.00 e. The Labute approximate surface area is 280 Å². The Bertz CT molecular complexity index is 1630. The Morgan fingerprint density at radius 2 is 0.810 bits per heavy atom. The molecule has 0 heterocycles. The van der Waals surface area contributed by atoms with Crippen LogP contribution in [0.1, 0.15) is 33.4 Å². The first kappa shape index (κ1) is 36.0. The van der Waals surface area contributed by atoms with Crippen molar-refractivity contribution < 1.29 is 48.1 Å². The minimum atomic E-state index is 0. The molecule has 0 aliphatic rings. The van der Waals surface area contributed by atoms with Crippen LogP contribution in [0.5, 0.6) is 0 Å². The number of hydrogen-bond acceptors (Lipinski definition) is 0. The van der Waals surface area contributed by atoms with E-state index in [1.165, 1.54) is 77.2 Å². The van der Waals surface area contributed by atoms with Crippen LogP contribution in [-0.2, 0) is 23.3 Å². The minimum Gasteiger partial charge on any atom is -1.00 e. The second kappa shape index (κ2) is 16.0. The minimum absolute atomic E-state index is 0. The molecular formula is C38H40Cl2SiZr-2. The first-order chi connectivity index (χ1) is 19.0. The van der Waals surface area contributed by atoms with Crippen molar-refractivity contribution in [1.82, 2.24) is 0 Å². The van der Waals surface area contributed by atoms with Crippen LogP contribution in [0.15, 0.2) is 97.1 Å². The molecule has 0 spiro atoms. The summed E-state index contributed by atoms with van der Waals surface area (Å²) in [5.41, 5.74) is 13.5.